The van der Waals surface area contributed by atoms with Gasteiger partial charge in [-0.15, -0.1) is 10.2 Å². The van der Waals surface area contributed by atoms with Crippen LogP contribution in [-0.2, 0) is 17.8 Å². The van der Waals surface area contributed by atoms with Gasteiger partial charge in [0.05, 0.1) is 13.0 Å². The molecule has 0 saturated carbocycles. The van der Waals surface area contributed by atoms with Gasteiger partial charge in [-0.05, 0) is 21.9 Å². The van der Waals surface area contributed by atoms with Crippen molar-refractivity contribution in [3.05, 3.63) is 66.0 Å². The summed E-state index contributed by atoms with van der Waals surface area (Å²) in [5.41, 5.74) is 3.15. The third-order valence-electron chi connectivity index (χ3n) is 3.88. The van der Waals surface area contributed by atoms with E-state index in [0.29, 0.717) is 0 Å². The Morgan fingerprint density at radius 2 is 1.67 bits per heavy atom. The van der Waals surface area contributed by atoms with Crippen LogP contribution in [0, 0.1) is 0 Å². The second-order valence-corrected chi connectivity index (χ2v) is 6.19. The van der Waals surface area contributed by atoms with Crippen LogP contribution in [0.2, 0.25) is 0 Å². The summed E-state index contributed by atoms with van der Waals surface area (Å²) in [4.78, 5) is 26.1. The molecular formula is C19H20N6O2. The van der Waals surface area contributed by atoms with Crippen molar-refractivity contribution in [3.8, 4) is 11.1 Å². The van der Waals surface area contributed by atoms with Crippen molar-refractivity contribution < 1.29 is 9.59 Å². The first-order valence-electron chi connectivity index (χ1n) is 8.44. The molecule has 0 fully saturated rings. The third-order valence-corrected chi connectivity index (χ3v) is 3.88. The van der Waals surface area contributed by atoms with E-state index in [9.17, 15) is 9.59 Å². The molecule has 8 nitrogen and oxygen atoms in total. The van der Waals surface area contributed by atoms with Gasteiger partial charge in [0.25, 0.3) is 0 Å². The molecule has 3 rings (SSSR count). The highest BCUT2D eigenvalue weighted by Gasteiger charge is 2.12. The van der Waals surface area contributed by atoms with Crippen molar-refractivity contribution in [2.45, 2.75) is 13.0 Å². The summed E-state index contributed by atoms with van der Waals surface area (Å²) >= 11 is 0. The van der Waals surface area contributed by atoms with E-state index >= 15 is 0 Å². The molecule has 1 heterocycles. The van der Waals surface area contributed by atoms with Crippen LogP contribution < -0.4 is 5.32 Å². The minimum absolute atomic E-state index is 0.113. The van der Waals surface area contributed by atoms with Gasteiger partial charge in [-0.1, -0.05) is 59.4 Å². The Morgan fingerprint density at radius 1 is 1.00 bits per heavy atom. The SMILES string of the molecule is CN(C)C(=O)n1nnc(CNC(=O)Cc2ccc(-c3ccccc3)cc2)n1. The molecule has 0 aliphatic carbocycles. The zero-order chi connectivity index (χ0) is 19.2. The first-order chi connectivity index (χ1) is 13.0. The van der Waals surface area contributed by atoms with E-state index in [1.807, 2.05) is 54.6 Å². The quantitative estimate of drug-likeness (QED) is 0.744. The first kappa shape index (κ1) is 18.2. The van der Waals surface area contributed by atoms with E-state index in [1.165, 1.54) is 4.90 Å². The van der Waals surface area contributed by atoms with Crippen molar-refractivity contribution in [1.29, 1.82) is 0 Å². The minimum Gasteiger partial charge on any atom is -0.348 e. The number of amides is 2. The lowest BCUT2D eigenvalue weighted by atomic mass is 10.0. The molecule has 3 aromatic rings. The number of rotatable bonds is 5. The molecular weight excluding hydrogens is 344 g/mol. The lowest BCUT2D eigenvalue weighted by molar-refractivity contribution is -0.120. The molecule has 1 N–H and O–H groups in total. The van der Waals surface area contributed by atoms with Crippen molar-refractivity contribution in [1.82, 2.24) is 30.4 Å². The number of benzene rings is 2. The predicted octanol–water partition coefficient (Wildman–Crippen LogP) is 1.73. The minimum atomic E-state index is -0.404. The summed E-state index contributed by atoms with van der Waals surface area (Å²) in [6, 6.07) is 17.5. The highest BCUT2D eigenvalue weighted by Crippen LogP contribution is 2.19. The fourth-order valence-corrected chi connectivity index (χ4v) is 2.45. The maximum atomic E-state index is 12.1. The Balaban J connectivity index is 1.53. The van der Waals surface area contributed by atoms with Crippen LogP contribution in [0.1, 0.15) is 11.4 Å². The van der Waals surface area contributed by atoms with Gasteiger partial charge >= 0.3 is 6.03 Å². The maximum Gasteiger partial charge on any atom is 0.362 e. The highest BCUT2D eigenvalue weighted by molar-refractivity contribution is 5.78. The van der Waals surface area contributed by atoms with Gasteiger partial charge in [0.2, 0.25) is 5.91 Å². The molecule has 0 aliphatic rings. The number of nitrogens with one attached hydrogen (secondary N) is 1. The van der Waals surface area contributed by atoms with Crippen LogP contribution in [0.15, 0.2) is 54.6 Å². The molecule has 0 bridgehead atoms. The van der Waals surface area contributed by atoms with Gasteiger partial charge < -0.3 is 10.2 Å². The van der Waals surface area contributed by atoms with Crippen molar-refractivity contribution in [2.75, 3.05) is 14.1 Å². The summed E-state index contributed by atoms with van der Waals surface area (Å²) < 4.78 is 0. The number of hydrogen-bond acceptors (Lipinski definition) is 5. The van der Waals surface area contributed by atoms with Gasteiger partial charge in [-0.2, -0.15) is 0 Å². The standard InChI is InChI=1S/C19H20N6O2/c1-24(2)19(27)25-22-17(21-23-25)13-20-18(26)12-14-8-10-16(11-9-14)15-6-4-3-5-7-15/h3-11H,12-13H2,1-2H3,(H,20,26). The van der Waals surface area contributed by atoms with Crippen LogP contribution in [0.4, 0.5) is 4.79 Å². The third kappa shape index (κ3) is 4.75. The summed E-state index contributed by atoms with van der Waals surface area (Å²) in [6.07, 6.45) is 0.250. The zero-order valence-corrected chi connectivity index (χ0v) is 15.2. The van der Waals surface area contributed by atoms with Crippen LogP contribution in [0.3, 0.4) is 0 Å². The largest absolute Gasteiger partial charge is 0.362 e. The van der Waals surface area contributed by atoms with E-state index in [4.69, 9.17) is 0 Å². The summed E-state index contributed by atoms with van der Waals surface area (Å²) in [6.45, 7) is 0.113. The lowest BCUT2D eigenvalue weighted by Gasteiger charge is -2.06. The van der Waals surface area contributed by atoms with Crippen molar-refractivity contribution in [2.24, 2.45) is 0 Å². The normalized spacial score (nSPS) is 10.4. The van der Waals surface area contributed by atoms with Crippen molar-refractivity contribution in [3.63, 3.8) is 0 Å². The molecule has 0 unspecified atom stereocenters. The number of carbonyl (C=O) groups excluding carboxylic acids is 2. The van der Waals surface area contributed by atoms with E-state index in [-0.39, 0.29) is 24.7 Å². The smallest absolute Gasteiger partial charge is 0.348 e. The number of nitrogens with zero attached hydrogens (tertiary/aromatic N) is 5. The molecule has 138 valence electrons. The van der Waals surface area contributed by atoms with Gasteiger partial charge in [0, 0.05) is 14.1 Å². The van der Waals surface area contributed by atoms with Crippen LogP contribution in [0.5, 0.6) is 0 Å². The van der Waals surface area contributed by atoms with E-state index in [0.717, 1.165) is 21.5 Å². The number of hydrogen-bond donors (Lipinski definition) is 1. The average Bonchev–Trinajstić information content (AvgIpc) is 3.16. The van der Waals surface area contributed by atoms with Gasteiger partial charge in [-0.3, -0.25) is 4.79 Å². The topological polar surface area (TPSA) is 93.0 Å². The Hall–Kier alpha value is -3.55. The van der Waals surface area contributed by atoms with Gasteiger partial charge in [0.15, 0.2) is 5.82 Å². The fourth-order valence-electron chi connectivity index (χ4n) is 2.45. The molecule has 2 aromatic carbocycles. The molecule has 0 spiro atoms. The van der Waals surface area contributed by atoms with Crippen LogP contribution >= 0.6 is 0 Å². The van der Waals surface area contributed by atoms with Crippen LogP contribution in [-0.4, -0.2) is 51.1 Å². The molecule has 0 atom stereocenters. The molecule has 1 aromatic heterocycles. The monoisotopic (exact) mass is 364 g/mol. The number of carbonyl (C=O) groups is 2. The van der Waals surface area contributed by atoms with Gasteiger partial charge in [-0.25, -0.2) is 4.79 Å². The summed E-state index contributed by atoms with van der Waals surface area (Å²) in [7, 11) is 3.19. The molecule has 27 heavy (non-hydrogen) atoms. The highest BCUT2D eigenvalue weighted by atomic mass is 16.2. The molecule has 0 radical (unpaired) electrons. The number of aromatic nitrogens is 4. The predicted molar refractivity (Wildman–Crippen MR) is 99.7 cm³/mol. The van der Waals surface area contributed by atoms with E-state index in [2.05, 4.69) is 20.7 Å². The van der Waals surface area contributed by atoms with E-state index < -0.39 is 6.03 Å². The lowest BCUT2D eigenvalue weighted by Crippen LogP contribution is -2.29. The number of tetrazole rings is 1. The van der Waals surface area contributed by atoms with Crippen LogP contribution in [0.25, 0.3) is 11.1 Å². The second kappa shape index (κ2) is 8.22. The molecule has 2 amide bonds. The Labute approximate surface area is 156 Å². The summed E-state index contributed by atoms with van der Waals surface area (Å²) in [5, 5.41) is 14.1. The molecule has 0 aliphatic heterocycles. The molecule has 0 saturated heterocycles. The van der Waals surface area contributed by atoms with Crippen molar-refractivity contribution >= 4 is 11.9 Å². The Kier molecular flexibility index (Phi) is 5.55. The second-order valence-electron chi connectivity index (χ2n) is 6.19. The Morgan fingerprint density at radius 3 is 2.33 bits per heavy atom. The van der Waals surface area contributed by atoms with E-state index in [1.54, 1.807) is 14.1 Å². The fraction of sp³-hybridized carbons (Fsp3) is 0.211. The maximum absolute atomic E-state index is 12.1. The average molecular weight is 364 g/mol. The zero-order valence-electron chi connectivity index (χ0n) is 15.2. The van der Waals surface area contributed by atoms with Gasteiger partial charge in [0.1, 0.15) is 0 Å². The summed E-state index contributed by atoms with van der Waals surface area (Å²) in [5.74, 6) is 0.121. The first-order valence-corrected chi connectivity index (χ1v) is 8.44. The molecule has 8 heteroatoms. The Bertz CT molecular complexity index is 919.